The predicted octanol–water partition coefficient (Wildman–Crippen LogP) is 0.398. The van der Waals surface area contributed by atoms with Crippen LogP contribution in [0.5, 0.6) is 0 Å². The first-order valence-corrected chi connectivity index (χ1v) is 7.96. The summed E-state index contributed by atoms with van der Waals surface area (Å²) in [5.74, 6) is 0. The normalized spacial score (nSPS) is 18.0. The summed E-state index contributed by atoms with van der Waals surface area (Å²) in [5.41, 5.74) is 2.26. The quantitative estimate of drug-likeness (QED) is 0.593. The van der Waals surface area contributed by atoms with E-state index in [9.17, 15) is 0 Å². The highest BCUT2D eigenvalue weighted by molar-refractivity contribution is 7.45. The molecule has 9 heteroatoms. The number of aromatic nitrogens is 2. The maximum atomic E-state index is 8.88. The van der Waals surface area contributed by atoms with E-state index in [1.807, 2.05) is 13.1 Å². The van der Waals surface area contributed by atoms with E-state index in [1.165, 1.54) is 11.1 Å². The van der Waals surface area contributed by atoms with Crippen molar-refractivity contribution in [1.29, 1.82) is 0 Å². The van der Waals surface area contributed by atoms with Crippen molar-refractivity contribution in [3.63, 3.8) is 0 Å². The second-order valence-corrected chi connectivity index (χ2v) is 5.58. The summed E-state index contributed by atoms with van der Waals surface area (Å²) < 4.78 is 16.7. The number of benzene rings is 1. The van der Waals surface area contributed by atoms with Gasteiger partial charge in [0.1, 0.15) is 6.10 Å². The maximum absolute atomic E-state index is 8.88. The van der Waals surface area contributed by atoms with Gasteiger partial charge in [0, 0.05) is 11.9 Å². The van der Waals surface area contributed by atoms with Crippen molar-refractivity contribution < 1.29 is 24.0 Å². The summed E-state index contributed by atoms with van der Waals surface area (Å²) in [6.45, 7) is 2.42. The first-order valence-electron chi connectivity index (χ1n) is 6.40. The van der Waals surface area contributed by atoms with Crippen LogP contribution in [0, 0.1) is 0 Å². The van der Waals surface area contributed by atoms with Crippen molar-refractivity contribution in [3.8, 4) is 0 Å². The monoisotopic (exact) mass is 315 g/mol. The minimum Gasteiger partial charge on any atom is -0.369 e. The zero-order valence-electron chi connectivity index (χ0n) is 11.5. The van der Waals surface area contributed by atoms with Gasteiger partial charge in [-0.05, 0) is 13.1 Å². The molecule has 0 radical (unpaired) electrons. The van der Waals surface area contributed by atoms with Gasteiger partial charge in [0.25, 0.3) is 0 Å². The molecule has 0 bridgehead atoms. The van der Waals surface area contributed by atoms with Crippen molar-refractivity contribution in [2.24, 2.45) is 0 Å². The summed E-state index contributed by atoms with van der Waals surface area (Å²) >= 11 is 0. The summed E-state index contributed by atoms with van der Waals surface area (Å²) in [4.78, 5) is 21.6. The average Bonchev–Trinajstić information content (AvgIpc) is 2.76. The molecule has 0 fully saturated rings. The van der Waals surface area contributed by atoms with Crippen molar-refractivity contribution in [3.05, 3.63) is 30.0 Å². The lowest BCUT2D eigenvalue weighted by Crippen LogP contribution is -2.28. The Morgan fingerprint density at radius 2 is 2.10 bits per heavy atom. The number of fused-ring (bicyclic) bond motifs is 3. The predicted molar refractivity (Wildman–Crippen MR) is 76.6 cm³/mol. The summed E-state index contributed by atoms with van der Waals surface area (Å²) in [7, 11) is -2.69. The van der Waals surface area contributed by atoms with Gasteiger partial charge < -0.3 is 24.7 Å². The highest BCUT2D eigenvalue weighted by atomic mass is 31.2. The lowest BCUT2D eigenvalue weighted by atomic mass is 10.1. The topological polar surface area (TPSA) is 117 Å². The van der Waals surface area contributed by atoms with Gasteiger partial charge in [-0.2, -0.15) is 5.10 Å². The van der Waals surface area contributed by atoms with Gasteiger partial charge in [-0.15, -0.1) is 0 Å². The van der Waals surface area contributed by atoms with Crippen molar-refractivity contribution >= 4 is 18.7 Å². The van der Waals surface area contributed by atoms with E-state index in [-0.39, 0.29) is 6.10 Å². The van der Waals surface area contributed by atoms with Crippen LogP contribution in [0.4, 0.5) is 0 Å². The number of nitrogens with one attached hydrogen (secondary N) is 1. The van der Waals surface area contributed by atoms with Crippen LogP contribution in [0.2, 0.25) is 0 Å². The Morgan fingerprint density at radius 1 is 1.43 bits per heavy atom. The molecule has 0 saturated heterocycles. The van der Waals surface area contributed by atoms with Crippen LogP contribution < -0.4 is 5.32 Å². The Hall–Kier alpha value is -1.28. The lowest BCUT2D eigenvalue weighted by molar-refractivity contribution is 0.0195. The lowest BCUT2D eigenvalue weighted by Gasteiger charge is -2.24. The van der Waals surface area contributed by atoms with E-state index in [0.717, 1.165) is 25.2 Å². The molecule has 0 aliphatic carbocycles. The van der Waals surface area contributed by atoms with E-state index in [0.29, 0.717) is 0 Å². The molecule has 21 heavy (non-hydrogen) atoms. The number of rotatable bonds is 2. The average molecular weight is 315 g/mol. The van der Waals surface area contributed by atoms with E-state index >= 15 is 0 Å². The van der Waals surface area contributed by atoms with Gasteiger partial charge in [-0.3, -0.25) is 4.68 Å². The van der Waals surface area contributed by atoms with Crippen molar-refractivity contribution in [2.75, 3.05) is 20.2 Å². The van der Waals surface area contributed by atoms with E-state index in [4.69, 9.17) is 24.0 Å². The van der Waals surface area contributed by atoms with Crippen LogP contribution in [0.3, 0.4) is 0 Å². The standard InChI is InChI=1S/C12H15N3O.H3O4P/c1-13-8-11-12-9-4-2-3-5-10(9)14-15(12)6-7-16-11;1-5(2,3)4/h2-5,11,13H,6-8H2,1H3;(H3,1,2,3,4)/t11-;/m0./s1. The van der Waals surface area contributed by atoms with Crippen molar-refractivity contribution in [1.82, 2.24) is 15.1 Å². The molecule has 2 heterocycles. The molecule has 1 aromatic heterocycles. The molecule has 1 atom stereocenters. The van der Waals surface area contributed by atoms with E-state index < -0.39 is 7.82 Å². The number of nitrogens with zero attached hydrogens (tertiary/aromatic N) is 2. The molecule has 1 aliphatic heterocycles. The fourth-order valence-electron chi connectivity index (χ4n) is 2.31. The molecule has 0 spiro atoms. The number of phosphoric acid groups is 1. The Morgan fingerprint density at radius 3 is 2.76 bits per heavy atom. The molecule has 8 nitrogen and oxygen atoms in total. The zero-order valence-corrected chi connectivity index (χ0v) is 12.4. The first kappa shape index (κ1) is 16.1. The van der Waals surface area contributed by atoms with Gasteiger partial charge in [0.15, 0.2) is 0 Å². The Balaban J connectivity index is 0.000000282. The van der Waals surface area contributed by atoms with Crippen LogP contribution in [0.1, 0.15) is 11.8 Å². The van der Waals surface area contributed by atoms with Crippen LogP contribution in [-0.2, 0) is 15.8 Å². The molecule has 116 valence electrons. The molecule has 3 rings (SSSR count). The highest BCUT2D eigenvalue weighted by Gasteiger charge is 2.24. The second kappa shape index (κ2) is 6.65. The fraction of sp³-hybridized carbons (Fsp3) is 0.417. The third-order valence-corrected chi connectivity index (χ3v) is 3.00. The van der Waals surface area contributed by atoms with Crippen molar-refractivity contribution in [2.45, 2.75) is 12.6 Å². The summed E-state index contributed by atoms with van der Waals surface area (Å²) in [5, 5.41) is 8.97. The smallest absolute Gasteiger partial charge is 0.369 e. The molecule has 2 aromatic rings. The van der Waals surface area contributed by atoms with Gasteiger partial charge >= 0.3 is 7.82 Å². The number of hydrogen-bond donors (Lipinski definition) is 4. The minimum absolute atomic E-state index is 0.117. The Kier molecular flexibility index (Phi) is 5.10. The molecular weight excluding hydrogens is 297 g/mol. The largest absolute Gasteiger partial charge is 0.466 e. The van der Waals surface area contributed by atoms with Gasteiger partial charge in [0.05, 0.1) is 24.4 Å². The molecule has 0 saturated carbocycles. The highest BCUT2D eigenvalue weighted by Crippen LogP contribution is 2.29. The van der Waals surface area contributed by atoms with Gasteiger partial charge in [-0.1, -0.05) is 18.2 Å². The Bertz CT molecular complexity index is 645. The molecule has 1 aliphatic rings. The minimum atomic E-state index is -4.64. The van der Waals surface area contributed by atoms with Gasteiger partial charge in [-0.25, -0.2) is 4.57 Å². The second-order valence-electron chi connectivity index (χ2n) is 4.56. The molecule has 0 unspecified atom stereocenters. The maximum Gasteiger partial charge on any atom is 0.466 e. The molecule has 1 aromatic carbocycles. The van der Waals surface area contributed by atoms with Crippen LogP contribution in [0.15, 0.2) is 24.3 Å². The Labute approximate surface area is 121 Å². The SMILES string of the molecule is CNC[C@@H]1OCCn2nc3ccccc3c21.O=P(O)(O)O. The van der Waals surface area contributed by atoms with Gasteiger partial charge in [0.2, 0.25) is 0 Å². The van der Waals surface area contributed by atoms with E-state index in [1.54, 1.807) is 0 Å². The van der Waals surface area contributed by atoms with Crippen LogP contribution >= 0.6 is 7.82 Å². The number of ether oxygens (including phenoxy) is 1. The van der Waals surface area contributed by atoms with E-state index in [2.05, 4.69) is 33.3 Å². The number of hydrogen-bond acceptors (Lipinski definition) is 4. The fourth-order valence-corrected chi connectivity index (χ4v) is 2.31. The molecule has 4 N–H and O–H groups in total. The number of likely N-dealkylation sites (N-methyl/N-ethyl adjacent to an activating group) is 1. The summed E-state index contributed by atoms with van der Waals surface area (Å²) in [6.07, 6.45) is 0.117. The summed E-state index contributed by atoms with van der Waals surface area (Å²) in [6, 6.07) is 8.24. The zero-order chi connectivity index (χ0) is 15.5. The third-order valence-electron chi connectivity index (χ3n) is 3.00. The third kappa shape index (κ3) is 4.34. The molecular formula is C12H18N3O5P. The molecule has 0 amide bonds. The van der Waals surface area contributed by atoms with Crippen LogP contribution in [0.25, 0.3) is 10.9 Å². The first-order chi connectivity index (χ1) is 9.90. The van der Waals surface area contributed by atoms with Crippen LogP contribution in [-0.4, -0.2) is 44.7 Å².